The predicted molar refractivity (Wildman–Crippen MR) is 116 cm³/mol. The summed E-state index contributed by atoms with van der Waals surface area (Å²) in [6.45, 7) is 0.422. The van der Waals surface area contributed by atoms with Gasteiger partial charge in [-0.15, -0.1) is 0 Å². The van der Waals surface area contributed by atoms with Gasteiger partial charge in [0.1, 0.15) is 28.7 Å². The van der Waals surface area contributed by atoms with E-state index in [0.717, 1.165) is 23.4 Å². The zero-order chi connectivity index (χ0) is 24.3. The first-order chi connectivity index (χ1) is 16.2. The SMILES string of the molecule is COc1c(N2CCC(C(N)c3c(F)cc(F)cc3F)C2)c(F)cn2c(=O)[nH]c(=O)c(C3CC3)c12. The Kier molecular flexibility index (Phi) is 5.38. The van der Waals surface area contributed by atoms with Gasteiger partial charge in [-0.2, -0.15) is 0 Å². The zero-order valence-corrected chi connectivity index (χ0v) is 18.2. The van der Waals surface area contributed by atoms with Crippen LogP contribution in [0.4, 0.5) is 23.2 Å². The number of ether oxygens (including phenoxy) is 1. The van der Waals surface area contributed by atoms with Crippen LogP contribution in [0.3, 0.4) is 0 Å². The average molecular weight is 478 g/mol. The largest absolute Gasteiger partial charge is 0.492 e. The number of hydrogen-bond donors (Lipinski definition) is 2. The fourth-order valence-corrected chi connectivity index (χ4v) is 4.94. The Hall–Kier alpha value is -3.34. The Bertz CT molecular complexity index is 1390. The fraction of sp³-hybridized carbons (Fsp3) is 0.391. The minimum atomic E-state index is -1.09. The summed E-state index contributed by atoms with van der Waals surface area (Å²) in [5.74, 6) is -4.45. The van der Waals surface area contributed by atoms with Gasteiger partial charge in [-0.25, -0.2) is 22.4 Å². The number of nitrogens with zero attached hydrogens (tertiary/aromatic N) is 2. The maximum absolute atomic E-state index is 15.3. The molecule has 7 nitrogen and oxygen atoms in total. The van der Waals surface area contributed by atoms with Crippen molar-refractivity contribution in [2.75, 3.05) is 25.1 Å². The molecule has 3 aromatic rings. The molecule has 1 saturated heterocycles. The highest BCUT2D eigenvalue weighted by Crippen LogP contribution is 2.45. The Morgan fingerprint density at radius 3 is 2.38 bits per heavy atom. The van der Waals surface area contributed by atoms with Gasteiger partial charge in [-0.1, -0.05) is 0 Å². The van der Waals surface area contributed by atoms with Gasteiger partial charge in [-0.3, -0.25) is 14.2 Å². The van der Waals surface area contributed by atoms with Gasteiger partial charge >= 0.3 is 5.69 Å². The molecular weight excluding hydrogens is 456 g/mol. The Labute approximate surface area is 190 Å². The van der Waals surface area contributed by atoms with Crippen molar-refractivity contribution in [2.24, 2.45) is 11.7 Å². The first kappa shape index (κ1) is 22.5. The molecule has 1 aliphatic carbocycles. The zero-order valence-electron chi connectivity index (χ0n) is 18.2. The minimum absolute atomic E-state index is 0.0402. The average Bonchev–Trinajstić information content (AvgIpc) is 3.48. The molecule has 3 heterocycles. The lowest BCUT2D eigenvalue weighted by Gasteiger charge is -2.25. The van der Waals surface area contributed by atoms with E-state index >= 15 is 4.39 Å². The van der Waals surface area contributed by atoms with E-state index in [0.29, 0.717) is 30.7 Å². The lowest BCUT2D eigenvalue weighted by atomic mass is 9.92. The van der Waals surface area contributed by atoms with Crippen molar-refractivity contribution in [1.82, 2.24) is 9.38 Å². The quantitative estimate of drug-likeness (QED) is 0.550. The summed E-state index contributed by atoms with van der Waals surface area (Å²) in [7, 11) is 1.32. The summed E-state index contributed by atoms with van der Waals surface area (Å²) < 4.78 is 63.7. The molecule has 2 aliphatic rings. The molecule has 1 aliphatic heterocycles. The number of nitrogens with two attached hydrogens (primary N) is 1. The third-order valence-corrected chi connectivity index (χ3v) is 6.69. The van der Waals surface area contributed by atoms with Gasteiger partial charge in [0, 0.05) is 42.4 Å². The number of hydrogen-bond acceptors (Lipinski definition) is 5. The van der Waals surface area contributed by atoms with Crippen LogP contribution in [-0.2, 0) is 0 Å². The van der Waals surface area contributed by atoms with Crippen molar-refractivity contribution < 1.29 is 22.3 Å². The summed E-state index contributed by atoms with van der Waals surface area (Å²) in [6.07, 6.45) is 2.91. The molecule has 1 aromatic carbocycles. The van der Waals surface area contributed by atoms with Gasteiger partial charge < -0.3 is 15.4 Å². The van der Waals surface area contributed by atoms with E-state index < -0.39 is 52.0 Å². The number of nitrogens with one attached hydrogen (secondary N) is 1. The van der Waals surface area contributed by atoms with E-state index in [9.17, 15) is 22.8 Å². The molecule has 11 heteroatoms. The van der Waals surface area contributed by atoms with Crippen LogP contribution in [0.5, 0.6) is 5.75 Å². The second-order valence-corrected chi connectivity index (χ2v) is 8.83. The predicted octanol–water partition coefficient (Wildman–Crippen LogP) is 2.96. The topological polar surface area (TPSA) is 92.8 Å². The molecule has 34 heavy (non-hydrogen) atoms. The van der Waals surface area contributed by atoms with Crippen molar-refractivity contribution in [3.63, 3.8) is 0 Å². The van der Waals surface area contributed by atoms with Crippen molar-refractivity contribution in [2.45, 2.75) is 31.2 Å². The second-order valence-electron chi connectivity index (χ2n) is 8.83. The molecule has 2 unspecified atom stereocenters. The van der Waals surface area contributed by atoms with Crippen LogP contribution in [0.2, 0.25) is 0 Å². The molecule has 0 spiro atoms. The van der Waals surface area contributed by atoms with Gasteiger partial charge in [0.25, 0.3) is 5.56 Å². The van der Waals surface area contributed by atoms with E-state index in [1.54, 1.807) is 4.90 Å². The van der Waals surface area contributed by atoms with Crippen molar-refractivity contribution in [1.29, 1.82) is 0 Å². The highest BCUT2D eigenvalue weighted by molar-refractivity contribution is 5.78. The van der Waals surface area contributed by atoms with Crippen molar-refractivity contribution in [3.05, 3.63) is 73.6 Å². The summed E-state index contributed by atoms with van der Waals surface area (Å²) in [5, 5.41) is 0. The number of benzene rings is 1. The second kappa shape index (κ2) is 8.15. The van der Waals surface area contributed by atoms with Crippen molar-refractivity contribution in [3.8, 4) is 5.75 Å². The summed E-state index contributed by atoms with van der Waals surface area (Å²) in [4.78, 5) is 28.8. The smallest absolute Gasteiger partial charge is 0.333 e. The monoisotopic (exact) mass is 478 g/mol. The van der Waals surface area contributed by atoms with Crippen LogP contribution in [0.25, 0.3) is 5.52 Å². The van der Waals surface area contributed by atoms with Gasteiger partial charge in [0.05, 0.1) is 13.3 Å². The molecule has 180 valence electrons. The van der Waals surface area contributed by atoms with Crippen LogP contribution in [0, 0.1) is 29.2 Å². The third-order valence-electron chi connectivity index (χ3n) is 6.69. The number of fused-ring (bicyclic) bond motifs is 1. The molecule has 0 bridgehead atoms. The molecule has 5 rings (SSSR count). The Morgan fingerprint density at radius 2 is 1.76 bits per heavy atom. The number of aromatic amines is 1. The number of anilines is 1. The number of aromatic nitrogens is 2. The maximum Gasteiger partial charge on any atom is 0.333 e. The lowest BCUT2D eigenvalue weighted by molar-refractivity contribution is 0.410. The summed E-state index contributed by atoms with van der Waals surface area (Å²) in [6, 6.07) is 0.0600. The Morgan fingerprint density at radius 1 is 1.09 bits per heavy atom. The molecular formula is C23H22F4N4O3. The molecule has 0 radical (unpaired) electrons. The Balaban J connectivity index is 1.57. The van der Waals surface area contributed by atoms with Crippen LogP contribution >= 0.6 is 0 Å². The van der Waals surface area contributed by atoms with Gasteiger partial charge in [0.2, 0.25) is 0 Å². The normalized spacial score (nSPS) is 19.1. The third kappa shape index (κ3) is 3.54. The molecule has 1 saturated carbocycles. The fourth-order valence-electron chi connectivity index (χ4n) is 4.94. The van der Waals surface area contributed by atoms with Gasteiger partial charge in [-0.05, 0) is 31.1 Å². The number of H-pyrrole nitrogens is 1. The first-order valence-corrected chi connectivity index (χ1v) is 10.9. The van der Waals surface area contributed by atoms with E-state index in [-0.39, 0.29) is 29.4 Å². The first-order valence-electron chi connectivity index (χ1n) is 10.9. The van der Waals surface area contributed by atoms with Crippen LogP contribution in [0.15, 0.2) is 27.9 Å². The number of pyridine rings is 1. The molecule has 0 amide bonds. The number of methoxy groups -OCH3 is 1. The lowest BCUT2D eigenvalue weighted by Crippen LogP contribution is -2.31. The molecule has 2 fully saturated rings. The van der Waals surface area contributed by atoms with E-state index in [2.05, 4.69) is 4.98 Å². The summed E-state index contributed by atoms with van der Waals surface area (Å²) in [5.41, 5.74) is 5.03. The maximum atomic E-state index is 15.3. The minimum Gasteiger partial charge on any atom is -0.492 e. The standard InChI is InChI=1S/C23H22F4N4O3/c1-34-21-19(15(27)9-31-20(21)16(10-2-3-10)22(32)29-23(31)33)30-5-4-11(8-30)18(28)17-13(25)6-12(24)7-14(17)26/h6-7,9-11,18H,2-5,8,28H2,1H3,(H,29,32,33). The van der Waals surface area contributed by atoms with E-state index in [1.807, 2.05) is 0 Å². The van der Waals surface area contributed by atoms with Gasteiger partial charge in [0.15, 0.2) is 11.6 Å². The molecule has 2 aromatic heterocycles. The molecule has 2 atom stereocenters. The highest BCUT2D eigenvalue weighted by atomic mass is 19.1. The van der Waals surface area contributed by atoms with Crippen LogP contribution in [0.1, 0.15) is 42.3 Å². The molecule has 3 N–H and O–H groups in total. The van der Waals surface area contributed by atoms with Crippen LogP contribution in [-0.4, -0.2) is 29.6 Å². The van der Waals surface area contributed by atoms with Crippen molar-refractivity contribution >= 4 is 11.2 Å². The highest BCUT2D eigenvalue weighted by Gasteiger charge is 2.36. The van der Waals surface area contributed by atoms with E-state index in [1.165, 1.54) is 7.11 Å². The van der Waals surface area contributed by atoms with E-state index in [4.69, 9.17) is 10.5 Å². The number of halogens is 4. The summed E-state index contributed by atoms with van der Waals surface area (Å²) >= 11 is 0. The number of rotatable bonds is 5. The van der Waals surface area contributed by atoms with Crippen LogP contribution < -0.4 is 26.6 Å².